The second kappa shape index (κ2) is 8.53. The molecular weight excluding hydrogens is 318 g/mol. The van der Waals surface area contributed by atoms with Crippen molar-refractivity contribution in [1.82, 2.24) is 0 Å². The molecule has 0 amide bonds. The second-order valence-corrected chi connectivity index (χ2v) is 6.12. The van der Waals surface area contributed by atoms with Crippen molar-refractivity contribution in [1.29, 1.82) is 0 Å². The highest BCUT2D eigenvalue weighted by Crippen LogP contribution is 2.37. The van der Waals surface area contributed by atoms with Crippen molar-refractivity contribution < 1.29 is 9.47 Å². The van der Waals surface area contributed by atoms with E-state index in [-0.39, 0.29) is 6.04 Å². The van der Waals surface area contributed by atoms with E-state index >= 15 is 0 Å². The van der Waals surface area contributed by atoms with Crippen LogP contribution in [0.1, 0.15) is 52.1 Å². The Morgan fingerprint density at radius 1 is 1.05 bits per heavy atom. The largest absolute Gasteiger partial charge is 0.490 e. The van der Waals surface area contributed by atoms with Gasteiger partial charge in [0, 0.05) is 10.5 Å². The monoisotopic (exact) mass is 343 g/mol. The summed E-state index contributed by atoms with van der Waals surface area (Å²) >= 11 is 3.59. The molecular formula is C16H26BrNO2. The summed E-state index contributed by atoms with van der Waals surface area (Å²) in [6.45, 7) is 9.59. The molecule has 0 heterocycles. The zero-order valence-electron chi connectivity index (χ0n) is 12.9. The van der Waals surface area contributed by atoms with Crippen molar-refractivity contribution in [2.75, 3.05) is 13.2 Å². The summed E-state index contributed by atoms with van der Waals surface area (Å²) in [4.78, 5) is 0. The second-order valence-electron chi connectivity index (χ2n) is 5.26. The lowest BCUT2D eigenvalue weighted by Gasteiger charge is -2.19. The van der Waals surface area contributed by atoms with Crippen molar-refractivity contribution in [2.24, 2.45) is 11.7 Å². The molecule has 0 spiro atoms. The van der Waals surface area contributed by atoms with Crippen molar-refractivity contribution >= 4 is 15.9 Å². The van der Waals surface area contributed by atoms with E-state index in [1.54, 1.807) is 0 Å². The molecule has 20 heavy (non-hydrogen) atoms. The van der Waals surface area contributed by atoms with Gasteiger partial charge in [-0.3, -0.25) is 0 Å². The van der Waals surface area contributed by atoms with Gasteiger partial charge in [-0.25, -0.2) is 0 Å². The Hall–Kier alpha value is -0.740. The number of ether oxygens (including phenoxy) is 2. The Morgan fingerprint density at radius 3 is 2.10 bits per heavy atom. The van der Waals surface area contributed by atoms with Gasteiger partial charge in [0.15, 0.2) is 11.5 Å². The van der Waals surface area contributed by atoms with Crippen LogP contribution in [0.15, 0.2) is 16.6 Å². The van der Waals surface area contributed by atoms with Crippen LogP contribution in [0.3, 0.4) is 0 Å². The van der Waals surface area contributed by atoms with Gasteiger partial charge in [0.05, 0.1) is 13.2 Å². The van der Waals surface area contributed by atoms with E-state index in [1.807, 2.05) is 26.0 Å². The standard InChI is InChI=1S/C16H26BrNO2/c1-5-19-15-9-12(14(18)8-7-11(3)4)13(17)10-16(15)20-6-2/h9-11,14H,5-8,18H2,1-4H3. The van der Waals surface area contributed by atoms with Crippen LogP contribution in [0.2, 0.25) is 0 Å². The van der Waals surface area contributed by atoms with Crippen LogP contribution in [0.4, 0.5) is 0 Å². The highest BCUT2D eigenvalue weighted by molar-refractivity contribution is 9.10. The Morgan fingerprint density at radius 2 is 1.60 bits per heavy atom. The first-order valence-corrected chi connectivity index (χ1v) is 8.13. The molecule has 0 bridgehead atoms. The van der Waals surface area contributed by atoms with E-state index in [4.69, 9.17) is 15.2 Å². The van der Waals surface area contributed by atoms with Crippen LogP contribution in [-0.2, 0) is 0 Å². The third-order valence-electron chi connectivity index (χ3n) is 3.12. The lowest BCUT2D eigenvalue weighted by molar-refractivity contribution is 0.287. The Kier molecular flexibility index (Phi) is 7.38. The number of nitrogens with two attached hydrogens (primary N) is 1. The number of hydrogen-bond acceptors (Lipinski definition) is 3. The summed E-state index contributed by atoms with van der Waals surface area (Å²) in [6.07, 6.45) is 2.08. The molecule has 0 saturated carbocycles. The van der Waals surface area contributed by atoms with Crippen LogP contribution < -0.4 is 15.2 Å². The third-order valence-corrected chi connectivity index (χ3v) is 3.80. The maximum atomic E-state index is 6.31. The van der Waals surface area contributed by atoms with Crippen LogP contribution >= 0.6 is 15.9 Å². The first-order valence-electron chi connectivity index (χ1n) is 7.34. The molecule has 0 fully saturated rings. The molecule has 114 valence electrons. The van der Waals surface area contributed by atoms with Gasteiger partial charge in [-0.05, 0) is 50.3 Å². The highest BCUT2D eigenvalue weighted by atomic mass is 79.9. The van der Waals surface area contributed by atoms with Crippen molar-refractivity contribution in [3.63, 3.8) is 0 Å². The third kappa shape index (κ3) is 4.98. The average Bonchev–Trinajstić information content (AvgIpc) is 2.39. The minimum atomic E-state index is 0.0154. The molecule has 1 unspecified atom stereocenters. The molecule has 0 radical (unpaired) electrons. The van der Waals surface area contributed by atoms with Gasteiger partial charge in [0.1, 0.15) is 0 Å². The number of rotatable bonds is 8. The minimum Gasteiger partial charge on any atom is -0.490 e. The van der Waals surface area contributed by atoms with Crippen LogP contribution in [-0.4, -0.2) is 13.2 Å². The quantitative estimate of drug-likeness (QED) is 0.744. The maximum Gasteiger partial charge on any atom is 0.162 e. The molecule has 4 heteroatoms. The molecule has 1 rings (SSSR count). The fourth-order valence-corrected chi connectivity index (χ4v) is 2.66. The predicted octanol–water partition coefficient (Wildman–Crippen LogP) is 4.68. The molecule has 1 aromatic carbocycles. The van der Waals surface area contributed by atoms with Crippen molar-refractivity contribution in [3.05, 3.63) is 22.2 Å². The molecule has 0 aromatic heterocycles. The molecule has 2 N–H and O–H groups in total. The molecule has 0 aliphatic rings. The number of hydrogen-bond donors (Lipinski definition) is 1. The first kappa shape index (κ1) is 17.3. The summed E-state index contributed by atoms with van der Waals surface area (Å²) in [5, 5.41) is 0. The summed E-state index contributed by atoms with van der Waals surface area (Å²) in [5.74, 6) is 2.20. The van der Waals surface area contributed by atoms with E-state index in [1.165, 1.54) is 0 Å². The van der Waals surface area contributed by atoms with Gasteiger partial charge in [0.2, 0.25) is 0 Å². The lowest BCUT2D eigenvalue weighted by atomic mass is 9.98. The topological polar surface area (TPSA) is 44.5 Å². The van der Waals surface area contributed by atoms with E-state index in [0.29, 0.717) is 19.1 Å². The van der Waals surface area contributed by atoms with Crippen LogP contribution in [0.5, 0.6) is 11.5 Å². The van der Waals surface area contributed by atoms with E-state index in [2.05, 4.69) is 29.8 Å². The zero-order chi connectivity index (χ0) is 15.1. The van der Waals surface area contributed by atoms with Gasteiger partial charge in [-0.1, -0.05) is 29.8 Å². The van der Waals surface area contributed by atoms with E-state index in [9.17, 15) is 0 Å². The zero-order valence-corrected chi connectivity index (χ0v) is 14.5. The minimum absolute atomic E-state index is 0.0154. The van der Waals surface area contributed by atoms with Crippen LogP contribution in [0, 0.1) is 5.92 Å². The van der Waals surface area contributed by atoms with Gasteiger partial charge in [-0.15, -0.1) is 0 Å². The van der Waals surface area contributed by atoms with Crippen LogP contribution in [0.25, 0.3) is 0 Å². The van der Waals surface area contributed by atoms with Crippen molar-refractivity contribution in [3.8, 4) is 11.5 Å². The highest BCUT2D eigenvalue weighted by Gasteiger charge is 2.16. The van der Waals surface area contributed by atoms with E-state index < -0.39 is 0 Å². The van der Waals surface area contributed by atoms with Gasteiger partial charge in [-0.2, -0.15) is 0 Å². The Balaban J connectivity index is 2.98. The summed E-state index contributed by atoms with van der Waals surface area (Å²) in [6, 6.07) is 3.98. The average molecular weight is 344 g/mol. The summed E-state index contributed by atoms with van der Waals surface area (Å²) in [5.41, 5.74) is 7.39. The van der Waals surface area contributed by atoms with Gasteiger partial charge in [0.25, 0.3) is 0 Å². The molecule has 0 aliphatic heterocycles. The van der Waals surface area contributed by atoms with Gasteiger partial charge >= 0.3 is 0 Å². The van der Waals surface area contributed by atoms with Gasteiger partial charge < -0.3 is 15.2 Å². The molecule has 0 aliphatic carbocycles. The molecule has 0 saturated heterocycles. The van der Waals surface area contributed by atoms with E-state index in [0.717, 1.165) is 34.4 Å². The maximum absolute atomic E-state index is 6.31. The number of benzene rings is 1. The van der Waals surface area contributed by atoms with Crippen molar-refractivity contribution in [2.45, 2.75) is 46.6 Å². The Labute approximate surface area is 131 Å². The molecule has 1 atom stereocenters. The Bertz CT molecular complexity index is 421. The fraction of sp³-hybridized carbons (Fsp3) is 0.625. The normalized spacial score (nSPS) is 12.6. The molecule has 3 nitrogen and oxygen atoms in total. The predicted molar refractivity (Wildman–Crippen MR) is 87.5 cm³/mol. The first-order chi connectivity index (χ1) is 9.49. The lowest BCUT2D eigenvalue weighted by Crippen LogP contribution is -2.12. The summed E-state index contributed by atoms with van der Waals surface area (Å²) < 4.78 is 12.3. The molecule has 1 aromatic rings. The summed E-state index contributed by atoms with van der Waals surface area (Å²) in [7, 11) is 0. The number of halogens is 1. The fourth-order valence-electron chi connectivity index (χ4n) is 2.04. The smallest absolute Gasteiger partial charge is 0.162 e. The SMILES string of the molecule is CCOc1cc(Br)c(C(N)CCC(C)C)cc1OCC.